The van der Waals surface area contributed by atoms with Gasteiger partial charge in [-0.05, 0) is 67.1 Å². The van der Waals surface area contributed by atoms with Crippen LogP contribution in [0.15, 0.2) is 104 Å². The van der Waals surface area contributed by atoms with E-state index < -0.39 is 0 Å². The first kappa shape index (κ1) is 28.2. The van der Waals surface area contributed by atoms with Crippen LogP contribution in [0.4, 0.5) is 0 Å². The Bertz CT molecular complexity index is 2130. The summed E-state index contributed by atoms with van der Waals surface area (Å²) < 4.78 is 20.0. The fraction of sp³-hybridized carbons (Fsp3) is 0.0909. The molecule has 10 heteroatoms. The van der Waals surface area contributed by atoms with Gasteiger partial charge in [0, 0.05) is 15.4 Å². The summed E-state index contributed by atoms with van der Waals surface area (Å²) >= 11 is 10.1. The van der Waals surface area contributed by atoms with Crippen LogP contribution in [0.5, 0.6) is 11.5 Å². The fourth-order valence-electron chi connectivity index (χ4n) is 4.61. The maximum atomic E-state index is 13.6. The molecule has 0 saturated carbocycles. The minimum Gasteiger partial charge on any atom is -0.490 e. The molecular weight excluding hydrogens is 632 g/mol. The number of ether oxygens (including phenoxy) is 2. The number of benzene rings is 4. The van der Waals surface area contributed by atoms with Gasteiger partial charge in [-0.1, -0.05) is 57.9 Å². The van der Waals surface area contributed by atoms with E-state index in [4.69, 9.17) is 30.5 Å². The highest BCUT2D eigenvalue weighted by Gasteiger charge is 2.18. The van der Waals surface area contributed by atoms with Crippen molar-refractivity contribution in [2.24, 2.45) is 5.10 Å². The van der Waals surface area contributed by atoms with E-state index in [9.17, 15) is 10.1 Å². The smallest absolute Gasteiger partial charge is 0.282 e. The number of aromatic nitrogens is 2. The van der Waals surface area contributed by atoms with E-state index in [1.165, 1.54) is 10.9 Å². The number of hydrogen-bond acceptors (Lipinski definition) is 7. The van der Waals surface area contributed by atoms with Gasteiger partial charge >= 0.3 is 0 Å². The molecule has 4 aromatic carbocycles. The third-order valence-corrected chi connectivity index (χ3v) is 7.39. The summed E-state index contributed by atoms with van der Waals surface area (Å²) in [6.45, 7) is 2.34. The highest BCUT2D eigenvalue weighted by Crippen LogP contribution is 2.37. The first-order chi connectivity index (χ1) is 20.9. The predicted octanol–water partition coefficient (Wildman–Crippen LogP) is 7.96. The minimum absolute atomic E-state index is 0.131. The third-order valence-electron chi connectivity index (χ3n) is 6.62. The molecule has 2 heterocycles. The highest BCUT2D eigenvalue weighted by atomic mass is 79.9. The van der Waals surface area contributed by atoms with Gasteiger partial charge in [0.15, 0.2) is 17.3 Å². The molecule has 0 aliphatic heterocycles. The average molecular weight is 654 g/mol. The quantitative estimate of drug-likeness (QED) is 0.155. The highest BCUT2D eigenvalue weighted by molar-refractivity contribution is 9.10. The van der Waals surface area contributed by atoms with Gasteiger partial charge in [-0.25, -0.2) is 4.98 Å². The van der Waals surface area contributed by atoms with Crippen molar-refractivity contribution >= 4 is 55.6 Å². The summed E-state index contributed by atoms with van der Waals surface area (Å²) in [7, 11) is 0. The van der Waals surface area contributed by atoms with E-state index in [-0.39, 0.29) is 23.0 Å². The lowest BCUT2D eigenvalue weighted by atomic mass is 10.1. The Labute approximate surface area is 259 Å². The van der Waals surface area contributed by atoms with Crippen LogP contribution in [0.2, 0.25) is 5.02 Å². The van der Waals surface area contributed by atoms with Gasteiger partial charge in [-0.2, -0.15) is 15.0 Å². The van der Waals surface area contributed by atoms with E-state index in [2.05, 4.69) is 27.1 Å². The van der Waals surface area contributed by atoms with E-state index in [0.29, 0.717) is 51.5 Å². The molecule has 8 nitrogen and oxygen atoms in total. The molecule has 0 amide bonds. The molecule has 0 bridgehead atoms. The van der Waals surface area contributed by atoms with Gasteiger partial charge in [0.2, 0.25) is 5.82 Å². The summed E-state index contributed by atoms with van der Waals surface area (Å²) in [6.07, 6.45) is 1.50. The van der Waals surface area contributed by atoms with E-state index >= 15 is 0 Å². The van der Waals surface area contributed by atoms with Crippen LogP contribution in [-0.2, 0) is 6.61 Å². The molecule has 0 atom stereocenters. The van der Waals surface area contributed by atoms with Crippen molar-refractivity contribution in [3.63, 3.8) is 0 Å². The van der Waals surface area contributed by atoms with Crippen LogP contribution in [0.25, 0.3) is 33.5 Å². The zero-order chi connectivity index (χ0) is 29.9. The minimum atomic E-state index is -0.356. The number of para-hydroxylation sites is 1. The van der Waals surface area contributed by atoms with Crippen LogP contribution in [0.3, 0.4) is 0 Å². The second-order valence-corrected chi connectivity index (χ2v) is 10.8. The number of halogens is 2. The van der Waals surface area contributed by atoms with Crippen LogP contribution in [-0.4, -0.2) is 22.5 Å². The molecule has 43 heavy (non-hydrogen) atoms. The molecule has 0 saturated heterocycles. The monoisotopic (exact) mass is 652 g/mol. The van der Waals surface area contributed by atoms with E-state index in [1.807, 2.05) is 49.4 Å². The van der Waals surface area contributed by atoms with Gasteiger partial charge in [-0.3, -0.25) is 4.79 Å². The molecule has 0 aliphatic rings. The predicted molar refractivity (Wildman–Crippen MR) is 170 cm³/mol. The molecule has 2 aromatic heterocycles. The molecule has 0 spiro atoms. The van der Waals surface area contributed by atoms with Gasteiger partial charge in [0.1, 0.15) is 12.2 Å². The van der Waals surface area contributed by atoms with E-state index in [0.717, 1.165) is 15.4 Å². The largest absolute Gasteiger partial charge is 0.490 e. The number of nitriles is 1. The number of furan rings is 1. The number of rotatable bonds is 8. The van der Waals surface area contributed by atoms with Crippen molar-refractivity contribution in [1.82, 2.24) is 9.66 Å². The molecule has 0 unspecified atom stereocenters. The lowest BCUT2D eigenvalue weighted by molar-refractivity contribution is 0.269. The molecule has 0 fully saturated rings. The van der Waals surface area contributed by atoms with Crippen LogP contribution < -0.4 is 15.0 Å². The van der Waals surface area contributed by atoms with Crippen molar-refractivity contribution in [3.05, 3.63) is 121 Å². The summed E-state index contributed by atoms with van der Waals surface area (Å²) in [5.74, 6) is 1.38. The molecule has 6 aromatic rings. The SMILES string of the molecule is CCOc1cc(C=Nn2c(-c3cc4cc(Br)ccc4o3)nc3ccccc3c2=O)cc(Cl)c1OCc1ccccc1C#N. The lowest BCUT2D eigenvalue weighted by Crippen LogP contribution is -2.20. The van der Waals surface area contributed by atoms with Crippen molar-refractivity contribution in [2.75, 3.05) is 6.61 Å². The van der Waals surface area contributed by atoms with Gasteiger partial charge < -0.3 is 13.9 Å². The Morgan fingerprint density at radius 3 is 2.72 bits per heavy atom. The first-order valence-electron chi connectivity index (χ1n) is 13.3. The van der Waals surface area contributed by atoms with Gasteiger partial charge in [0.05, 0.1) is 40.4 Å². The second kappa shape index (κ2) is 12.1. The topological polar surface area (TPSA) is 103 Å². The zero-order valence-electron chi connectivity index (χ0n) is 22.8. The number of nitrogens with zero attached hydrogens (tertiary/aromatic N) is 4. The molecule has 212 valence electrons. The number of hydrogen-bond donors (Lipinski definition) is 0. The molecule has 6 rings (SSSR count). The van der Waals surface area contributed by atoms with Gasteiger partial charge in [-0.15, -0.1) is 0 Å². The third kappa shape index (κ3) is 5.75. The van der Waals surface area contributed by atoms with Crippen molar-refractivity contribution in [2.45, 2.75) is 13.5 Å². The normalized spacial score (nSPS) is 11.3. The van der Waals surface area contributed by atoms with Crippen molar-refractivity contribution in [1.29, 1.82) is 5.26 Å². The van der Waals surface area contributed by atoms with Gasteiger partial charge in [0.25, 0.3) is 5.56 Å². The van der Waals surface area contributed by atoms with Crippen LogP contribution in [0.1, 0.15) is 23.6 Å². The summed E-state index contributed by atoms with van der Waals surface area (Å²) in [5, 5.41) is 15.5. The van der Waals surface area contributed by atoms with Crippen molar-refractivity contribution in [3.8, 4) is 29.2 Å². The first-order valence-corrected chi connectivity index (χ1v) is 14.4. The van der Waals surface area contributed by atoms with Crippen LogP contribution >= 0.6 is 27.5 Å². The average Bonchev–Trinajstić information content (AvgIpc) is 3.43. The van der Waals surface area contributed by atoms with Crippen LogP contribution in [0, 0.1) is 11.3 Å². The fourth-order valence-corrected chi connectivity index (χ4v) is 5.26. The lowest BCUT2D eigenvalue weighted by Gasteiger charge is -2.15. The Morgan fingerprint density at radius 1 is 1.07 bits per heavy atom. The zero-order valence-corrected chi connectivity index (χ0v) is 25.1. The molecule has 0 radical (unpaired) electrons. The summed E-state index contributed by atoms with van der Waals surface area (Å²) in [4.78, 5) is 18.4. The standard InChI is InChI=1S/C33H22BrClN4O4/c1-2-41-29-14-20(13-26(35)31(29)42-19-22-8-4-3-7-21(22)17-36)18-37-39-32(38-27-10-6-5-9-25(27)33(39)40)30-16-23-15-24(34)11-12-28(23)43-30/h3-16,18H,2,19H2,1H3. The molecular formula is C33H22BrClN4O4. The number of fused-ring (bicyclic) bond motifs is 2. The summed E-state index contributed by atoms with van der Waals surface area (Å²) in [6, 6.07) is 27.3. The Balaban J connectivity index is 1.40. The van der Waals surface area contributed by atoms with Crippen molar-refractivity contribution < 1.29 is 13.9 Å². The molecule has 0 N–H and O–H groups in total. The Kier molecular flexibility index (Phi) is 7.97. The second-order valence-electron chi connectivity index (χ2n) is 9.43. The Hall–Kier alpha value is -4.91. The van der Waals surface area contributed by atoms with E-state index in [1.54, 1.807) is 42.5 Å². The maximum Gasteiger partial charge on any atom is 0.282 e. The Morgan fingerprint density at radius 2 is 1.88 bits per heavy atom. The summed E-state index contributed by atoms with van der Waals surface area (Å²) in [5.41, 5.74) is 2.63. The molecule has 0 aliphatic carbocycles. The maximum absolute atomic E-state index is 13.6.